The van der Waals surface area contributed by atoms with Crippen molar-refractivity contribution in [2.24, 2.45) is 0 Å². The molecule has 188 valence electrons. The minimum atomic E-state index is -1.15. The summed E-state index contributed by atoms with van der Waals surface area (Å²) in [7, 11) is 4.23. The first-order chi connectivity index (χ1) is 16.8. The van der Waals surface area contributed by atoms with E-state index in [0.29, 0.717) is 23.4 Å². The van der Waals surface area contributed by atoms with Crippen LogP contribution in [0.25, 0.3) is 0 Å². The molecule has 0 bridgehead atoms. The highest BCUT2D eigenvalue weighted by atomic mass is 19.1. The number of aromatic nitrogens is 2. The number of halogens is 2. The zero-order valence-corrected chi connectivity index (χ0v) is 20.2. The summed E-state index contributed by atoms with van der Waals surface area (Å²) in [6.07, 6.45) is 9.60. The van der Waals surface area contributed by atoms with Gasteiger partial charge in [0.15, 0.2) is 17.4 Å². The topological polar surface area (TPSA) is 84.8 Å². The monoisotopic (exact) mass is 486 g/mol. The maximum Gasteiger partial charge on any atom is 0.330 e. The van der Waals surface area contributed by atoms with Gasteiger partial charge in [0.25, 0.3) is 0 Å². The van der Waals surface area contributed by atoms with Crippen molar-refractivity contribution in [2.45, 2.75) is 76.0 Å². The van der Waals surface area contributed by atoms with E-state index in [1.54, 1.807) is 11.1 Å². The van der Waals surface area contributed by atoms with Gasteiger partial charge in [0.05, 0.1) is 12.2 Å². The molecule has 0 atom stereocenters. The number of rotatable bonds is 5. The van der Waals surface area contributed by atoms with Crippen molar-refractivity contribution < 1.29 is 18.7 Å². The van der Waals surface area contributed by atoms with Crippen LogP contribution in [-0.2, 0) is 6.54 Å². The molecule has 0 radical (unpaired) electrons. The minimum Gasteiger partial charge on any atom is -0.503 e. The van der Waals surface area contributed by atoms with Crippen LogP contribution in [-0.4, -0.2) is 58.2 Å². The van der Waals surface area contributed by atoms with Gasteiger partial charge in [-0.3, -0.25) is 9.80 Å². The van der Waals surface area contributed by atoms with Gasteiger partial charge in [0, 0.05) is 29.9 Å². The second-order valence-electron chi connectivity index (χ2n) is 10.1. The molecule has 2 amide bonds. The van der Waals surface area contributed by atoms with Crippen LogP contribution in [0.4, 0.5) is 31.0 Å². The maximum absolute atomic E-state index is 14.8. The Morgan fingerprint density at radius 3 is 2.49 bits per heavy atom. The van der Waals surface area contributed by atoms with Gasteiger partial charge in [-0.1, -0.05) is 12.8 Å². The average Bonchev–Trinajstić information content (AvgIpc) is 3.37. The quantitative estimate of drug-likeness (QED) is 0.641. The van der Waals surface area contributed by atoms with E-state index in [1.165, 1.54) is 11.0 Å². The van der Waals surface area contributed by atoms with Crippen molar-refractivity contribution in [2.75, 3.05) is 29.2 Å². The van der Waals surface area contributed by atoms with Gasteiger partial charge in [-0.15, -0.1) is 0 Å². The predicted octanol–water partition coefficient (Wildman–Crippen LogP) is 4.63. The normalized spacial score (nSPS) is 23.2. The van der Waals surface area contributed by atoms with Crippen LogP contribution in [0.2, 0.25) is 0 Å². The summed E-state index contributed by atoms with van der Waals surface area (Å²) in [4.78, 5) is 28.1. The van der Waals surface area contributed by atoms with Crippen LogP contribution in [0.3, 0.4) is 0 Å². The second kappa shape index (κ2) is 9.56. The van der Waals surface area contributed by atoms with Crippen LogP contribution in [0.15, 0.2) is 18.3 Å². The first kappa shape index (κ1) is 23.7. The van der Waals surface area contributed by atoms with Crippen molar-refractivity contribution in [3.63, 3.8) is 0 Å². The third-order valence-corrected chi connectivity index (χ3v) is 7.62. The van der Waals surface area contributed by atoms with Gasteiger partial charge < -0.3 is 15.3 Å². The Bertz CT molecular complexity index is 1100. The molecule has 2 fully saturated rings. The molecule has 2 aliphatic carbocycles. The zero-order valence-electron chi connectivity index (χ0n) is 20.2. The van der Waals surface area contributed by atoms with Crippen molar-refractivity contribution >= 4 is 23.5 Å². The average molecular weight is 487 g/mol. The number of anilines is 3. The second-order valence-corrected chi connectivity index (χ2v) is 10.1. The molecular formula is C25H32F2N6O2. The number of carbonyl (C=O) groups excluding carboxylic acids is 1. The number of nitrogens with one attached hydrogen (secondary N) is 1. The summed E-state index contributed by atoms with van der Waals surface area (Å²) in [5, 5.41) is 13.2. The Morgan fingerprint density at radius 1 is 1.09 bits per heavy atom. The van der Waals surface area contributed by atoms with Gasteiger partial charge in [0.1, 0.15) is 5.82 Å². The number of hydrogen-bond donors (Lipinski definition) is 2. The summed E-state index contributed by atoms with van der Waals surface area (Å²) in [5.41, 5.74) is 0.518. The van der Waals surface area contributed by atoms with Gasteiger partial charge >= 0.3 is 6.03 Å². The SMILES string of the molecule is CN(C)C1CCC(Nc2ncc3c(n2)N(C2CCCC2)C(=O)N(c2ccc(F)c(O)c2F)C3)CC1. The number of phenolic OH excluding ortho intramolecular Hbond substituents is 1. The maximum atomic E-state index is 14.8. The Hall–Kier alpha value is -3.01. The summed E-state index contributed by atoms with van der Waals surface area (Å²) < 4.78 is 28.4. The van der Waals surface area contributed by atoms with E-state index in [9.17, 15) is 18.7 Å². The van der Waals surface area contributed by atoms with E-state index in [0.717, 1.165) is 57.4 Å². The molecule has 5 rings (SSSR count). The third kappa shape index (κ3) is 4.51. The fourth-order valence-corrected chi connectivity index (χ4v) is 5.58. The van der Waals surface area contributed by atoms with Crippen molar-refractivity contribution in [1.29, 1.82) is 0 Å². The number of phenols is 1. The van der Waals surface area contributed by atoms with Crippen molar-refractivity contribution in [1.82, 2.24) is 14.9 Å². The fourth-order valence-electron chi connectivity index (χ4n) is 5.58. The van der Waals surface area contributed by atoms with E-state index in [2.05, 4.69) is 29.3 Å². The van der Waals surface area contributed by atoms with E-state index in [-0.39, 0.29) is 24.3 Å². The van der Waals surface area contributed by atoms with E-state index >= 15 is 0 Å². The largest absolute Gasteiger partial charge is 0.503 e. The Balaban J connectivity index is 1.43. The summed E-state index contributed by atoms with van der Waals surface area (Å²) >= 11 is 0. The van der Waals surface area contributed by atoms with Gasteiger partial charge in [-0.25, -0.2) is 18.6 Å². The molecule has 35 heavy (non-hydrogen) atoms. The lowest BCUT2D eigenvalue weighted by Gasteiger charge is -2.39. The molecular weight excluding hydrogens is 454 g/mol. The fraction of sp³-hybridized carbons (Fsp3) is 0.560. The molecule has 2 heterocycles. The van der Waals surface area contributed by atoms with Gasteiger partial charge in [0.2, 0.25) is 5.95 Å². The molecule has 0 spiro atoms. The number of benzene rings is 1. The van der Waals surface area contributed by atoms with Crippen LogP contribution >= 0.6 is 0 Å². The van der Waals surface area contributed by atoms with Crippen LogP contribution < -0.4 is 15.1 Å². The number of fused-ring (bicyclic) bond motifs is 1. The summed E-state index contributed by atoms with van der Waals surface area (Å²) in [6.45, 7) is 0.0353. The molecule has 0 unspecified atom stereocenters. The lowest BCUT2D eigenvalue weighted by atomic mass is 9.91. The van der Waals surface area contributed by atoms with Crippen LogP contribution in [0, 0.1) is 11.6 Å². The van der Waals surface area contributed by atoms with E-state index in [4.69, 9.17) is 4.98 Å². The minimum absolute atomic E-state index is 0.0353. The molecule has 2 saturated carbocycles. The van der Waals surface area contributed by atoms with Crippen LogP contribution in [0.1, 0.15) is 56.9 Å². The molecule has 8 nitrogen and oxygen atoms in total. The zero-order chi connectivity index (χ0) is 24.7. The Morgan fingerprint density at radius 2 is 1.80 bits per heavy atom. The number of nitrogens with zero attached hydrogens (tertiary/aromatic N) is 5. The van der Waals surface area contributed by atoms with Crippen LogP contribution in [0.5, 0.6) is 5.75 Å². The highest BCUT2D eigenvalue weighted by molar-refractivity contribution is 6.06. The van der Waals surface area contributed by atoms with Gasteiger partial charge in [-0.05, 0) is 64.8 Å². The molecule has 1 aromatic carbocycles. The number of carbonyl (C=O) groups is 1. The van der Waals surface area contributed by atoms with Crippen molar-refractivity contribution in [3.8, 4) is 5.75 Å². The van der Waals surface area contributed by atoms with Gasteiger partial charge in [-0.2, -0.15) is 4.98 Å². The molecule has 2 aromatic rings. The third-order valence-electron chi connectivity index (χ3n) is 7.62. The molecule has 3 aliphatic rings. The molecule has 2 N–H and O–H groups in total. The lowest BCUT2D eigenvalue weighted by molar-refractivity contribution is 0.221. The highest BCUT2D eigenvalue weighted by Crippen LogP contribution is 2.39. The Kier molecular flexibility index (Phi) is 6.48. The van der Waals surface area contributed by atoms with E-state index < -0.39 is 23.4 Å². The summed E-state index contributed by atoms with van der Waals surface area (Å²) in [6, 6.07) is 2.53. The predicted molar refractivity (Wildman–Crippen MR) is 130 cm³/mol. The summed E-state index contributed by atoms with van der Waals surface area (Å²) in [5.74, 6) is -2.27. The molecule has 10 heteroatoms. The number of amides is 2. The Labute approximate surface area is 204 Å². The number of aromatic hydroxyl groups is 1. The number of hydrogen-bond acceptors (Lipinski definition) is 6. The first-order valence-corrected chi connectivity index (χ1v) is 12.4. The number of urea groups is 1. The highest BCUT2D eigenvalue weighted by Gasteiger charge is 2.40. The molecule has 1 aliphatic heterocycles. The molecule has 0 saturated heterocycles. The standard InChI is InChI=1S/C25H32F2N6O2/c1-31(2)17-9-7-16(8-10-17)29-24-28-13-15-14-32(20-12-11-19(26)22(34)21(20)27)25(35)33(23(15)30-24)18-5-3-4-6-18/h11-13,16-18,34H,3-10,14H2,1-2H3,(H,28,29,30). The molecule has 1 aromatic heterocycles. The smallest absolute Gasteiger partial charge is 0.330 e. The lowest BCUT2D eigenvalue weighted by Crippen LogP contribution is -2.52. The van der Waals surface area contributed by atoms with Crippen molar-refractivity contribution in [3.05, 3.63) is 35.5 Å². The first-order valence-electron chi connectivity index (χ1n) is 12.4. The van der Waals surface area contributed by atoms with E-state index in [1.807, 2.05) is 0 Å².